The molecule has 1 aromatic heterocycles. The number of amides is 1. The zero-order valence-electron chi connectivity index (χ0n) is 21.4. The molecule has 0 unspecified atom stereocenters. The van der Waals surface area contributed by atoms with E-state index >= 15 is 0 Å². The molecule has 0 aliphatic heterocycles. The van der Waals surface area contributed by atoms with Gasteiger partial charge in [-0.15, -0.1) is 10.2 Å². The summed E-state index contributed by atoms with van der Waals surface area (Å²) < 4.78 is 2.05. The van der Waals surface area contributed by atoms with Gasteiger partial charge in [-0.05, 0) is 68.1 Å². The first-order chi connectivity index (χ1) is 17.8. The second-order valence-electron chi connectivity index (χ2n) is 8.88. The number of benzene rings is 3. The van der Waals surface area contributed by atoms with Crippen LogP contribution in [0.25, 0.3) is 17.1 Å². The average Bonchev–Trinajstić information content (AvgIpc) is 3.30. The van der Waals surface area contributed by atoms with Gasteiger partial charge in [-0.25, -0.2) is 0 Å². The number of hydrogen-bond acceptors (Lipinski definition) is 4. The highest BCUT2D eigenvalue weighted by Gasteiger charge is 2.24. The Morgan fingerprint density at radius 3 is 2.22 bits per heavy atom. The van der Waals surface area contributed by atoms with Crippen molar-refractivity contribution in [2.75, 3.05) is 10.7 Å². The van der Waals surface area contributed by atoms with Crippen molar-refractivity contribution in [3.05, 3.63) is 87.9 Å². The topological polar surface area (TPSA) is 51.0 Å². The lowest BCUT2D eigenvalue weighted by molar-refractivity contribution is -0.116. The van der Waals surface area contributed by atoms with Crippen LogP contribution in [0.5, 0.6) is 0 Å². The van der Waals surface area contributed by atoms with Gasteiger partial charge in [-0.2, -0.15) is 0 Å². The second kappa shape index (κ2) is 12.2. The average molecular weight is 554 g/mol. The predicted molar refractivity (Wildman–Crippen MR) is 155 cm³/mol. The Labute approximate surface area is 232 Å². The first kappa shape index (κ1) is 27.2. The Kier molecular flexibility index (Phi) is 8.95. The van der Waals surface area contributed by atoms with Gasteiger partial charge >= 0.3 is 0 Å². The number of anilines is 1. The molecule has 1 heterocycles. The van der Waals surface area contributed by atoms with E-state index in [4.69, 9.17) is 23.2 Å². The van der Waals surface area contributed by atoms with E-state index < -0.39 is 0 Å². The van der Waals surface area contributed by atoms with Gasteiger partial charge in [0.2, 0.25) is 5.91 Å². The summed E-state index contributed by atoms with van der Waals surface area (Å²) in [6.45, 7) is 8.30. The Morgan fingerprint density at radius 1 is 0.946 bits per heavy atom. The highest BCUT2D eigenvalue weighted by Crippen LogP contribution is 2.36. The molecule has 4 rings (SSSR count). The molecule has 5 nitrogen and oxygen atoms in total. The molecule has 3 aromatic carbocycles. The van der Waals surface area contributed by atoms with Crippen molar-refractivity contribution in [3.8, 4) is 17.1 Å². The van der Waals surface area contributed by atoms with Crippen molar-refractivity contribution in [1.82, 2.24) is 14.8 Å². The maximum absolute atomic E-state index is 13.4. The van der Waals surface area contributed by atoms with E-state index in [1.807, 2.05) is 59.7 Å². The van der Waals surface area contributed by atoms with Crippen molar-refractivity contribution in [3.63, 3.8) is 0 Å². The van der Waals surface area contributed by atoms with Gasteiger partial charge in [-0.1, -0.05) is 85.2 Å². The van der Waals surface area contributed by atoms with E-state index in [1.54, 1.807) is 12.1 Å². The first-order valence-electron chi connectivity index (χ1n) is 12.4. The summed E-state index contributed by atoms with van der Waals surface area (Å²) in [6.07, 6.45) is 1.68. The molecule has 4 aromatic rings. The molecule has 0 aliphatic carbocycles. The molecule has 0 aliphatic rings. The molecule has 0 N–H and O–H groups in total. The number of carbonyl (C=O) groups excluding carboxylic acids is 1. The summed E-state index contributed by atoms with van der Waals surface area (Å²) in [4.78, 5) is 15.3. The van der Waals surface area contributed by atoms with Crippen LogP contribution >= 0.6 is 35.0 Å². The molecule has 0 saturated heterocycles. The lowest BCUT2D eigenvalue weighted by Crippen LogP contribution is -2.38. The lowest BCUT2D eigenvalue weighted by Gasteiger charge is -2.27. The maximum atomic E-state index is 13.4. The van der Waals surface area contributed by atoms with E-state index in [1.165, 1.54) is 22.9 Å². The van der Waals surface area contributed by atoms with Gasteiger partial charge in [0.05, 0.1) is 16.5 Å². The van der Waals surface area contributed by atoms with Crippen LogP contribution in [0.1, 0.15) is 38.8 Å². The third-order valence-electron chi connectivity index (χ3n) is 6.14. The number of thioether (sulfide) groups is 1. The van der Waals surface area contributed by atoms with Crippen molar-refractivity contribution < 1.29 is 4.79 Å². The van der Waals surface area contributed by atoms with E-state index in [0.29, 0.717) is 21.0 Å². The van der Waals surface area contributed by atoms with E-state index in [9.17, 15) is 4.79 Å². The Bertz CT molecular complexity index is 1370. The molecule has 0 atom stereocenters. The summed E-state index contributed by atoms with van der Waals surface area (Å²) in [5.41, 5.74) is 5.00. The normalized spacial score (nSPS) is 11.2. The molecule has 8 heteroatoms. The van der Waals surface area contributed by atoms with Crippen LogP contribution in [0.2, 0.25) is 10.0 Å². The van der Waals surface area contributed by atoms with Crippen molar-refractivity contribution in [2.45, 2.75) is 51.7 Å². The van der Waals surface area contributed by atoms with Crippen LogP contribution in [-0.2, 0) is 17.6 Å². The Morgan fingerprint density at radius 2 is 1.62 bits per heavy atom. The molecule has 1 amide bonds. The van der Waals surface area contributed by atoms with Gasteiger partial charge in [0.15, 0.2) is 11.0 Å². The van der Waals surface area contributed by atoms with Gasteiger partial charge in [0.25, 0.3) is 0 Å². The molecule has 192 valence electrons. The zero-order valence-corrected chi connectivity index (χ0v) is 23.7. The van der Waals surface area contributed by atoms with E-state index in [-0.39, 0.29) is 17.7 Å². The number of aryl methyl sites for hydroxylation is 2. The molecular formula is C29H30Cl2N4OS. The fraction of sp³-hybridized carbons (Fsp3) is 0.276. The zero-order chi connectivity index (χ0) is 26.5. The number of carbonyl (C=O) groups is 1. The summed E-state index contributed by atoms with van der Waals surface area (Å²) in [6, 6.07) is 21.5. The summed E-state index contributed by atoms with van der Waals surface area (Å²) in [5, 5.41) is 10.8. The fourth-order valence-corrected chi connectivity index (χ4v) is 5.72. The van der Waals surface area contributed by atoms with Crippen LogP contribution in [0.4, 0.5) is 5.69 Å². The van der Waals surface area contributed by atoms with Crippen molar-refractivity contribution >= 4 is 46.6 Å². The highest BCUT2D eigenvalue weighted by atomic mass is 35.5. The Hall–Kier alpha value is -2.80. The number of para-hydroxylation sites is 2. The SMILES string of the molecule is CCc1cccc(CC)c1-n1c(SCC(=O)N(c2ccccc2)C(C)C)nnc1-c1ccc(Cl)cc1Cl. The fourth-order valence-electron chi connectivity index (χ4n) is 4.43. The van der Waals surface area contributed by atoms with Gasteiger partial charge in [0, 0.05) is 22.3 Å². The lowest BCUT2D eigenvalue weighted by atomic mass is 10.0. The molecule has 0 bridgehead atoms. The molecule has 0 spiro atoms. The van der Waals surface area contributed by atoms with Crippen LogP contribution in [-0.4, -0.2) is 32.5 Å². The van der Waals surface area contributed by atoms with Gasteiger partial charge in [0.1, 0.15) is 0 Å². The van der Waals surface area contributed by atoms with Crippen molar-refractivity contribution in [2.24, 2.45) is 0 Å². The summed E-state index contributed by atoms with van der Waals surface area (Å²) in [5.74, 6) is 0.845. The molecule has 0 saturated carbocycles. The molecular weight excluding hydrogens is 523 g/mol. The minimum Gasteiger partial charge on any atom is -0.309 e. The molecule has 0 fully saturated rings. The number of halogens is 2. The first-order valence-corrected chi connectivity index (χ1v) is 14.1. The monoisotopic (exact) mass is 552 g/mol. The van der Waals surface area contributed by atoms with Crippen LogP contribution < -0.4 is 4.90 Å². The number of nitrogens with zero attached hydrogens (tertiary/aromatic N) is 4. The van der Waals surface area contributed by atoms with Gasteiger partial charge in [-0.3, -0.25) is 9.36 Å². The number of hydrogen-bond donors (Lipinski definition) is 0. The second-order valence-corrected chi connectivity index (χ2v) is 10.7. The minimum absolute atomic E-state index is 0.00585. The number of rotatable bonds is 9. The van der Waals surface area contributed by atoms with Crippen molar-refractivity contribution in [1.29, 1.82) is 0 Å². The van der Waals surface area contributed by atoms with Crippen LogP contribution in [0, 0.1) is 0 Å². The molecule has 37 heavy (non-hydrogen) atoms. The largest absolute Gasteiger partial charge is 0.309 e. The van der Waals surface area contributed by atoms with Crippen LogP contribution in [0.3, 0.4) is 0 Å². The van der Waals surface area contributed by atoms with E-state index in [0.717, 1.165) is 29.8 Å². The Balaban J connectivity index is 1.79. The third kappa shape index (κ3) is 5.87. The summed E-state index contributed by atoms with van der Waals surface area (Å²) in [7, 11) is 0. The standard InChI is InChI=1S/C29H30Cl2N4OS/c1-5-20-11-10-12-21(6-2)27(20)35-28(24-16-15-22(30)17-25(24)31)32-33-29(35)37-18-26(36)34(19(3)4)23-13-8-7-9-14-23/h7-17,19H,5-6,18H2,1-4H3. The highest BCUT2D eigenvalue weighted by molar-refractivity contribution is 7.99. The third-order valence-corrected chi connectivity index (χ3v) is 7.60. The maximum Gasteiger partial charge on any atom is 0.237 e. The smallest absolute Gasteiger partial charge is 0.237 e. The van der Waals surface area contributed by atoms with Gasteiger partial charge < -0.3 is 4.90 Å². The summed E-state index contributed by atoms with van der Waals surface area (Å²) >= 11 is 14.2. The predicted octanol–water partition coefficient (Wildman–Crippen LogP) is 7.90. The quantitative estimate of drug-likeness (QED) is 0.198. The molecule has 0 radical (unpaired) electrons. The number of aromatic nitrogens is 3. The van der Waals surface area contributed by atoms with E-state index in [2.05, 4.69) is 42.2 Å². The minimum atomic E-state index is 0.00585. The van der Waals surface area contributed by atoms with Crippen LogP contribution in [0.15, 0.2) is 71.9 Å².